The average molecular weight is 228 g/mol. The van der Waals surface area contributed by atoms with Crippen molar-refractivity contribution in [2.75, 3.05) is 0 Å². The lowest BCUT2D eigenvalue weighted by molar-refractivity contribution is 0.426. The first-order valence-corrected chi connectivity index (χ1v) is 5.11. The van der Waals surface area contributed by atoms with Gasteiger partial charge in [0.25, 0.3) is 0 Å². The average Bonchev–Trinajstić information content (AvgIpc) is 2.05. The fourth-order valence-corrected chi connectivity index (χ4v) is 1.61. The molecule has 4 N–H and O–H groups in total. The van der Waals surface area contributed by atoms with Crippen LogP contribution in [0.5, 0.6) is 0 Å². The van der Waals surface area contributed by atoms with E-state index in [0.717, 1.165) is 5.56 Å². The van der Waals surface area contributed by atoms with Gasteiger partial charge < -0.3 is 15.8 Å². The first-order valence-electron chi connectivity index (χ1n) is 4.73. The zero-order chi connectivity index (χ0) is 11.6. The molecule has 0 bridgehead atoms. The molecule has 15 heavy (non-hydrogen) atoms. The predicted octanol–water partition coefficient (Wildman–Crippen LogP) is 0.300. The molecule has 0 atom stereocenters. The third kappa shape index (κ3) is 3.84. The number of hydrogen-bond donors (Lipinski definition) is 3. The summed E-state index contributed by atoms with van der Waals surface area (Å²) in [6.07, 6.45) is 0.646. The van der Waals surface area contributed by atoms with Crippen molar-refractivity contribution in [3.8, 4) is 0 Å². The number of hydrogen-bond acceptors (Lipinski definition) is 3. The number of nitrogens with two attached hydrogens (primary N) is 1. The molecule has 1 aromatic rings. The highest BCUT2D eigenvalue weighted by Gasteiger charge is 2.16. The Kier molecular flexibility index (Phi) is 3.79. The molecule has 5 heteroatoms. The van der Waals surface area contributed by atoms with Crippen LogP contribution in [0.1, 0.15) is 19.4 Å². The molecule has 0 unspecified atom stereocenters. The fourth-order valence-electron chi connectivity index (χ4n) is 1.36. The van der Waals surface area contributed by atoms with E-state index in [1.54, 1.807) is 18.2 Å². The maximum absolute atomic E-state index is 8.94. The zero-order valence-electron chi connectivity index (χ0n) is 8.87. The molecule has 0 radical (unpaired) electrons. The highest BCUT2D eigenvalue weighted by molar-refractivity contribution is 6.59. The van der Waals surface area contributed by atoms with Crippen molar-refractivity contribution >= 4 is 24.2 Å². The van der Waals surface area contributed by atoms with Crippen LogP contribution >= 0.6 is 11.6 Å². The minimum atomic E-state index is -1.48. The van der Waals surface area contributed by atoms with E-state index in [-0.39, 0.29) is 5.54 Å². The normalized spacial score (nSPS) is 11.6. The van der Waals surface area contributed by atoms with Crippen LogP contribution in [0, 0.1) is 0 Å². The standard InChI is InChI=1S/C10H15BClNO2/c1-10(2,13)6-7-3-4-8(11(14)15)5-9(7)12/h3-5,14-15H,6,13H2,1-2H3. The van der Waals surface area contributed by atoms with Crippen molar-refractivity contribution in [2.45, 2.75) is 25.8 Å². The summed E-state index contributed by atoms with van der Waals surface area (Å²) in [7, 11) is -1.48. The summed E-state index contributed by atoms with van der Waals surface area (Å²) in [4.78, 5) is 0. The van der Waals surface area contributed by atoms with Gasteiger partial charge in [-0.2, -0.15) is 0 Å². The maximum atomic E-state index is 8.94. The smallest absolute Gasteiger partial charge is 0.423 e. The van der Waals surface area contributed by atoms with Crippen molar-refractivity contribution in [2.24, 2.45) is 5.73 Å². The molecule has 0 saturated heterocycles. The second-order valence-electron chi connectivity index (χ2n) is 4.39. The van der Waals surface area contributed by atoms with E-state index in [1.165, 1.54) is 0 Å². The van der Waals surface area contributed by atoms with Crippen LogP contribution in [0.4, 0.5) is 0 Å². The monoisotopic (exact) mass is 227 g/mol. The van der Waals surface area contributed by atoms with Gasteiger partial charge in [0.2, 0.25) is 0 Å². The lowest BCUT2D eigenvalue weighted by Gasteiger charge is -2.19. The Hall–Kier alpha value is -0.545. The van der Waals surface area contributed by atoms with E-state index >= 15 is 0 Å². The first-order chi connectivity index (χ1) is 6.79. The van der Waals surface area contributed by atoms with Crippen LogP contribution < -0.4 is 11.2 Å². The molecule has 82 valence electrons. The summed E-state index contributed by atoms with van der Waals surface area (Å²) in [5.41, 5.74) is 6.84. The van der Waals surface area contributed by atoms with Gasteiger partial charge in [0, 0.05) is 10.6 Å². The Labute approximate surface area is 95.0 Å². The maximum Gasteiger partial charge on any atom is 0.488 e. The molecular weight excluding hydrogens is 212 g/mol. The third-order valence-electron chi connectivity index (χ3n) is 2.02. The highest BCUT2D eigenvalue weighted by Crippen LogP contribution is 2.18. The summed E-state index contributed by atoms with van der Waals surface area (Å²) < 4.78 is 0. The summed E-state index contributed by atoms with van der Waals surface area (Å²) in [6, 6.07) is 4.95. The van der Waals surface area contributed by atoms with Crippen LogP contribution in [-0.4, -0.2) is 22.7 Å². The molecule has 1 aromatic carbocycles. The summed E-state index contributed by atoms with van der Waals surface area (Å²) in [5.74, 6) is 0. The summed E-state index contributed by atoms with van der Waals surface area (Å²) >= 11 is 6.00. The summed E-state index contributed by atoms with van der Waals surface area (Å²) in [6.45, 7) is 3.83. The second-order valence-corrected chi connectivity index (χ2v) is 4.80. The summed E-state index contributed by atoms with van der Waals surface area (Å²) in [5, 5.41) is 18.4. The van der Waals surface area contributed by atoms with Gasteiger partial charge in [-0.25, -0.2) is 0 Å². The van der Waals surface area contributed by atoms with Gasteiger partial charge >= 0.3 is 7.12 Å². The largest absolute Gasteiger partial charge is 0.488 e. The molecule has 0 aliphatic carbocycles. The molecule has 0 aliphatic rings. The molecule has 0 aliphatic heterocycles. The zero-order valence-corrected chi connectivity index (χ0v) is 9.62. The fraction of sp³-hybridized carbons (Fsp3) is 0.400. The van der Waals surface area contributed by atoms with Gasteiger partial charge in [-0.3, -0.25) is 0 Å². The van der Waals surface area contributed by atoms with Gasteiger partial charge in [0.1, 0.15) is 0 Å². The second kappa shape index (κ2) is 4.53. The van der Waals surface area contributed by atoms with Gasteiger partial charge in [-0.15, -0.1) is 0 Å². The van der Waals surface area contributed by atoms with E-state index < -0.39 is 7.12 Å². The molecule has 0 fully saturated rings. The SMILES string of the molecule is CC(C)(N)Cc1ccc(B(O)O)cc1Cl. The Bertz CT molecular complexity index is 350. The molecule has 0 spiro atoms. The van der Waals surface area contributed by atoms with Crippen molar-refractivity contribution in [1.29, 1.82) is 0 Å². The minimum absolute atomic E-state index is 0.330. The molecule has 0 saturated carbocycles. The minimum Gasteiger partial charge on any atom is -0.423 e. The Balaban J connectivity index is 2.94. The van der Waals surface area contributed by atoms with E-state index in [2.05, 4.69) is 0 Å². The van der Waals surface area contributed by atoms with Crippen molar-refractivity contribution < 1.29 is 10.0 Å². The molecule has 0 amide bonds. The van der Waals surface area contributed by atoms with E-state index in [4.69, 9.17) is 27.4 Å². The number of benzene rings is 1. The Morgan fingerprint density at radius 2 is 2.00 bits per heavy atom. The molecular formula is C10H15BClNO2. The van der Waals surface area contributed by atoms with Crippen LogP contribution in [0.25, 0.3) is 0 Å². The topological polar surface area (TPSA) is 66.5 Å². The van der Waals surface area contributed by atoms with E-state index in [0.29, 0.717) is 16.9 Å². The predicted molar refractivity (Wildman–Crippen MR) is 63.2 cm³/mol. The first kappa shape index (κ1) is 12.5. The van der Waals surface area contributed by atoms with Gasteiger partial charge in [0.15, 0.2) is 0 Å². The molecule has 0 aromatic heterocycles. The lowest BCUT2D eigenvalue weighted by Crippen LogP contribution is -2.35. The van der Waals surface area contributed by atoms with Gasteiger partial charge in [-0.1, -0.05) is 23.7 Å². The number of rotatable bonds is 3. The van der Waals surface area contributed by atoms with Crippen LogP contribution in [0.2, 0.25) is 5.02 Å². The van der Waals surface area contributed by atoms with Crippen molar-refractivity contribution in [3.05, 3.63) is 28.8 Å². The van der Waals surface area contributed by atoms with E-state index in [9.17, 15) is 0 Å². The van der Waals surface area contributed by atoms with Crippen molar-refractivity contribution in [1.82, 2.24) is 0 Å². The van der Waals surface area contributed by atoms with Crippen LogP contribution in [0.15, 0.2) is 18.2 Å². The number of halogens is 1. The Morgan fingerprint density at radius 3 is 2.40 bits per heavy atom. The highest BCUT2D eigenvalue weighted by atomic mass is 35.5. The molecule has 0 heterocycles. The van der Waals surface area contributed by atoms with E-state index in [1.807, 2.05) is 13.8 Å². The van der Waals surface area contributed by atoms with Crippen molar-refractivity contribution in [3.63, 3.8) is 0 Å². The Morgan fingerprint density at radius 1 is 1.40 bits per heavy atom. The quantitative estimate of drug-likeness (QED) is 0.651. The third-order valence-corrected chi connectivity index (χ3v) is 2.37. The van der Waals surface area contributed by atoms with Crippen LogP contribution in [0.3, 0.4) is 0 Å². The lowest BCUT2D eigenvalue weighted by atomic mass is 9.79. The van der Waals surface area contributed by atoms with Gasteiger partial charge in [-0.05, 0) is 37.4 Å². The van der Waals surface area contributed by atoms with Gasteiger partial charge in [0.05, 0.1) is 0 Å². The molecule has 3 nitrogen and oxygen atoms in total. The van der Waals surface area contributed by atoms with Crippen LogP contribution in [-0.2, 0) is 6.42 Å². The molecule has 1 rings (SSSR count).